The number of urea groups is 1. The van der Waals surface area contributed by atoms with Crippen LogP contribution in [0, 0.1) is 0 Å². The van der Waals surface area contributed by atoms with Crippen molar-refractivity contribution in [2.24, 2.45) is 0 Å². The lowest BCUT2D eigenvalue weighted by atomic mass is 9.89. The van der Waals surface area contributed by atoms with E-state index in [1.54, 1.807) is 36.3 Å². The summed E-state index contributed by atoms with van der Waals surface area (Å²) in [6.45, 7) is 0. The Morgan fingerprint density at radius 3 is 2.44 bits per heavy atom. The summed E-state index contributed by atoms with van der Waals surface area (Å²) >= 11 is 0. The van der Waals surface area contributed by atoms with Gasteiger partial charge in [0.25, 0.3) is 11.8 Å². The predicted molar refractivity (Wildman–Crippen MR) is 156 cm³/mol. The lowest BCUT2D eigenvalue weighted by Gasteiger charge is -2.36. The molecule has 4 amide bonds. The molecule has 1 aliphatic carbocycles. The number of hydrogen-bond donors (Lipinski definition) is 2. The highest BCUT2D eigenvalue weighted by molar-refractivity contribution is 6.24. The summed E-state index contributed by atoms with van der Waals surface area (Å²) in [6, 6.07) is 21.0. The Labute approximate surface area is 238 Å². The number of hydrogen-bond acceptors (Lipinski definition) is 4. The van der Waals surface area contributed by atoms with E-state index in [1.165, 1.54) is 11.3 Å². The van der Waals surface area contributed by atoms with Gasteiger partial charge in [0.15, 0.2) is 0 Å². The summed E-state index contributed by atoms with van der Waals surface area (Å²) in [5.74, 6) is 0.143. The smallest absolute Gasteiger partial charge is 0.332 e. The molecule has 8 heteroatoms. The Morgan fingerprint density at radius 2 is 1.66 bits per heavy atom. The van der Waals surface area contributed by atoms with Crippen molar-refractivity contribution in [3.63, 3.8) is 0 Å². The van der Waals surface area contributed by atoms with E-state index in [0.717, 1.165) is 53.4 Å². The Kier molecular flexibility index (Phi) is 6.26. The van der Waals surface area contributed by atoms with Crippen LogP contribution in [0.25, 0.3) is 10.9 Å². The van der Waals surface area contributed by atoms with Crippen LogP contribution in [0.1, 0.15) is 65.3 Å². The van der Waals surface area contributed by atoms with E-state index in [4.69, 9.17) is 4.74 Å². The molecule has 1 saturated carbocycles. The zero-order valence-electron chi connectivity index (χ0n) is 22.9. The lowest BCUT2D eigenvalue weighted by molar-refractivity contribution is -0.120. The number of fused-ring (bicyclic) bond motifs is 4. The maximum Gasteiger partial charge on any atom is 0.332 e. The van der Waals surface area contributed by atoms with Crippen molar-refractivity contribution in [2.75, 3.05) is 12.0 Å². The summed E-state index contributed by atoms with van der Waals surface area (Å²) in [4.78, 5) is 48.4. The molecule has 7 rings (SSSR count). The van der Waals surface area contributed by atoms with Crippen molar-refractivity contribution in [3.8, 4) is 5.75 Å². The number of nitrogens with zero attached hydrogens (tertiary/aromatic N) is 2. The highest BCUT2D eigenvalue weighted by Crippen LogP contribution is 2.45. The van der Waals surface area contributed by atoms with Gasteiger partial charge in [0.05, 0.1) is 18.4 Å². The zero-order valence-corrected chi connectivity index (χ0v) is 22.9. The Balaban J connectivity index is 1.30. The standard InChI is InChI=1S/C33H32N4O4/c1-41-22-17-15-20(16-18-22)30-29-25(23-11-5-7-13-26(23)35-29)19-28-32(39)37(33(40)36(28)30)27-14-8-6-12-24(27)31(38)34-21-9-3-2-4-10-21/h5-8,11-18,21,28,30,35H,2-4,9-10,19H2,1H3,(H,34,38). The number of ether oxygens (including phenoxy) is 1. The fraction of sp³-hybridized carbons (Fsp3) is 0.303. The minimum absolute atomic E-state index is 0.110. The lowest BCUT2D eigenvalue weighted by Crippen LogP contribution is -2.44. The van der Waals surface area contributed by atoms with Gasteiger partial charge in [0, 0.05) is 29.1 Å². The second-order valence-electron chi connectivity index (χ2n) is 11.1. The first-order chi connectivity index (χ1) is 20.0. The van der Waals surface area contributed by atoms with Crippen LogP contribution in [0.15, 0.2) is 72.8 Å². The molecule has 3 heterocycles. The maximum atomic E-state index is 14.3. The topological polar surface area (TPSA) is 94.7 Å². The number of nitrogens with one attached hydrogen (secondary N) is 2. The number of aromatic nitrogens is 1. The van der Waals surface area contributed by atoms with Gasteiger partial charge in [0.1, 0.15) is 17.8 Å². The number of aromatic amines is 1. The van der Waals surface area contributed by atoms with Gasteiger partial charge in [-0.2, -0.15) is 0 Å². The van der Waals surface area contributed by atoms with Crippen LogP contribution in [0.2, 0.25) is 0 Å². The molecule has 2 fully saturated rings. The zero-order chi connectivity index (χ0) is 28.1. The number of para-hydroxylation sites is 2. The molecule has 2 aliphatic heterocycles. The third-order valence-corrected chi connectivity index (χ3v) is 8.81. The minimum Gasteiger partial charge on any atom is -0.497 e. The molecule has 1 aromatic heterocycles. The van der Waals surface area contributed by atoms with E-state index in [-0.39, 0.29) is 17.9 Å². The number of rotatable bonds is 5. The van der Waals surface area contributed by atoms with Crippen LogP contribution in [0.4, 0.5) is 10.5 Å². The highest BCUT2D eigenvalue weighted by atomic mass is 16.5. The van der Waals surface area contributed by atoms with Crippen molar-refractivity contribution >= 4 is 34.4 Å². The van der Waals surface area contributed by atoms with Gasteiger partial charge in [-0.25, -0.2) is 9.69 Å². The third-order valence-electron chi connectivity index (χ3n) is 8.81. The molecule has 3 aliphatic rings. The molecule has 2 unspecified atom stereocenters. The van der Waals surface area contributed by atoms with Crippen molar-refractivity contribution in [1.82, 2.24) is 15.2 Å². The van der Waals surface area contributed by atoms with E-state index >= 15 is 0 Å². The molecule has 2 N–H and O–H groups in total. The number of anilines is 1. The van der Waals surface area contributed by atoms with Crippen molar-refractivity contribution in [3.05, 3.63) is 95.2 Å². The molecular formula is C33H32N4O4. The third kappa shape index (κ3) is 4.17. The van der Waals surface area contributed by atoms with Crippen molar-refractivity contribution in [1.29, 1.82) is 0 Å². The van der Waals surface area contributed by atoms with Crippen LogP contribution >= 0.6 is 0 Å². The molecular weight excluding hydrogens is 516 g/mol. The van der Waals surface area contributed by atoms with Crippen molar-refractivity contribution in [2.45, 2.75) is 56.7 Å². The molecule has 0 radical (unpaired) electrons. The molecule has 208 valence electrons. The number of carbonyl (C=O) groups is 3. The van der Waals surface area contributed by atoms with E-state index in [0.29, 0.717) is 23.4 Å². The van der Waals surface area contributed by atoms with Gasteiger partial charge in [0.2, 0.25) is 0 Å². The van der Waals surface area contributed by atoms with Crippen LogP contribution in [-0.2, 0) is 11.2 Å². The van der Waals surface area contributed by atoms with Gasteiger partial charge >= 0.3 is 6.03 Å². The average Bonchev–Trinajstić information content (AvgIpc) is 3.50. The van der Waals surface area contributed by atoms with Crippen LogP contribution < -0.4 is 15.0 Å². The summed E-state index contributed by atoms with van der Waals surface area (Å²) in [5.41, 5.74) is 4.44. The maximum absolute atomic E-state index is 14.3. The van der Waals surface area contributed by atoms with E-state index < -0.39 is 18.1 Å². The number of methoxy groups -OCH3 is 1. The van der Waals surface area contributed by atoms with Gasteiger partial charge in [-0.1, -0.05) is 61.7 Å². The first-order valence-electron chi connectivity index (χ1n) is 14.3. The van der Waals surface area contributed by atoms with Crippen LogP contribution in [0.3, 0.4) is 0 Å². The molecule has 4 aromatic rings. The fourth-order valence-electron chi connectivity index (χ4n) is 6.80. The predicted octanol–water partition coefficient (Wildman–Crippen LogP) is 5.72. The van der Waals surface area contributed by atoms with Gasteiger partial charge in [-0.15, -0.1) is 0 Å². The van der Waals surface area contributed by atoms with Crippen LogP contribution in [0.5, 0.6) is 5.75 Å². The minimum atomic E-state index is -0.698. The molecule has 41 heavy (non-hydrogen) atoms. The Hall–Kier alpha value is -4.59. The Bertz CT molecular complexity index is 1650. The first-order valence-corrected chi connectivity index (χ1v) is 14.3. The molecule has 8 nitrogen and oxygen atoms in total. The normalized spacial score (nSPS) is 20.7. The summed E-state index contributed by atoms with van der Waals surface area (Å²) in [7, 11) is 1.61. The number of carbonyl (C=O) groups excluding carboxylic acids is 3. The Morgan fingerprint density at radius 1 is 0.927 bits per heavy atom. The van der Waals surface area contributed by atoms with E-state index in [1.807, 2.05) is 42.5 Å². The quantitative estimate of drug-likeness (QED) is 0.312. The number of imide groups is 1. The highest BCUT2D eigenvalue weighted by Gasteiger charge is 2.53. The first kappa shape index (κ1) is 25.4. The number of benzene rings is 3. The molecule has 3 aromatic carbocycles. The largest absolute Gasteiger partial charge is 0.497 e. The fourth-order valence-corrected chi connectivity index (χ4v) is 6.80. The number of H-pyrrole nitrogens is 1. The van der Waals surface area contributed by atoms with Gasteiger partial charge in [-0.3, -0.25) is 14.5 Å². The summed E-state index contributed by atoms with van der Waals surface area (Å²) < 4.78 is 5.38. The monoisotopic (exact) mass is 548 g/mol. The second-order valence-corrected chi connectivity index (χ2v) is 11.1. The van der Waals surface area contributed by atoms with Crippen LogP contribution in [-0.4, -0.2) is 46.9 Å². The average molecular weight is 549 g/mol. The van der Waals surface area contributed by atoms with Gasteiger partial charge < -0.3 is 15.0 Å². The van der Waals surface area contributed by atoms with E-state index in [2.05, 4.69) is 16.4 Å². The summed E-state index contributed by atoms with van der Waals surface area (Å²) in [6.07, 6.45) is 5.65. The SMILES string of the molecule is COc1ccc(C2c3[nH]c4ccccc4c3CC3C(=O)N(c4ccccc4C(=O)NC4CCCCC4)C(=O)N32)cc1. The second kappa shape index (κ2) is 10.1. The molecule has 1 saturated heterocycles. The van der Waals surface area contributed by atoms with Crippen molar-refractivity contribution < 1.29 is 19.1 Å². The van der Waals surface area contributed by atoms with E-state index in [9.17, 15) is 14.4 Å². The molecule has 0 spiro atoms. The molecule has 2 atom stereocenters. The van der Waals surface area contributed by atoms with Gasteiger partial charge in [-0.05, 0) is 54.3 Å². The summed E-state index contributed by atoms with van der Waals surface area (Å²) in [5, 5.41) is 4.20. The molecule has 0 bridgehead atoms. The number of amides is 4.